The predicted octanol–water partition coefficient (Wildman–Crippen LogP) is 5.80. The molecule has 0 radical (unpaired) electrons. The fraction of sp³-hybridized carbons (Fsp3) is 0.100. The van der Waals surface area contributed by atoms with Crippen molar-refractivity contribution in [2.45, 2.75) is 6.42 Å². The van der Waals surface area contributed by atoms with E-state index >= 15 is 0 Å². The Morgan fingerprint density at radius 3 is 2.09 bits per heavy atom. The van der Waals surface area contributed by atoms with Gasteiger partial charge < -0.3 is 4.90 Å². The van der Waals surface area contributed by atoms with Gasteiger partial charge in [0.15, 0.2) is 0 Å². The van der Waals surface area contributed by atoms with Crippen LogP contribution in [0, 0.1) is 0 Å². The molecule has 0 saturated heterocycles. The summed E-state index contributed by atoms with van der Waals surface area (Å²) in [5.74, 6) is 0. The van der Waals surface area contributed by atoms with Gasteiger partial charge in [-0.3, -0.25) is 0 Å². The molecule has 0 aliphatic carbocycles. The van der Waals surface area contributed by atoms with Crippen LogP contribution in [-0.4, -0.2) is 6.54 Å². The number of para-hydroxylation sites is 1. The van der Waals surface area contributed by atoms with Gasteiger partial charge in [0.1, 0.15) is 0 Å². The zero-order valence-corrected chi connectivity index (χ0v) is 12.8. The molecule has 0 N–H and O–H groups in total. The summed E-state index contributed by atoms with van der Waals surface area (Å²) in [6, 6.07) is 26.6. The van der Waals surface area contributed by atoms with E-state index in [1.165, 1.54) is 16.9 Å². The number of fused-ring (bicyclic) bond motifs is 1. The molecule has 3 aromatic rings. The van der Waals surface area contributed by atoms with Crippen molar-refractivity contribution in [1.82, 2.24) is 0 Å². The molecule has 1 aliphatic rings. The van der Waals surface area contributed by atoms with Gasteiger partial charge in [0, 0.05) is 17.9 Å². The molecule has 3 nitrogen and oxygen atoms in total. The molecule has 3 aromatic carbocycles. The van der Waals surface area contributed by atoms with Crippen molar-refractivity contribution in [3.63, 3.8) is 0 Å². The van der Waals surface area contributed by atoms with Crippen molar-refractivity contribution >= 4 is 22.7 Å². The summed E-state index contributed by atoms with van der Waals surface area (Å²) < 4.78 is 0. The molecule has 0 aromatic heterocycles. The van der Waals surface area contributed by atoms with Crippen LogP contribution in [0.5, 0.6) is 0 Å². The Kier molecular flexibility index (Phi) is 3.60. The third kappa shape index (κ3) is 2.86. The van der Waals surface area contributed by atoms with E-state index in [0.717, 1.165) is 24.3 Å². The minimum atomic E-state index is 0.866. The number of hydrogen-bond donors (Lipinski definition) is 0. The lowest BCUT2D eigenvalue weighted by Gasteiger charge is -2.19. The van der Waals surface area contributed by atoms with Gasteiger partial charge in [-0.15, -0.1) is 0 Å². The van der Waals surface area contributed by atoms with Crippen molar-refractivity contribution < 1.29 is 0 Å². The van der Waals surface area contributed by atoms with E-state index in [-0.39, 0.29) is 0 Å². The number of benzene rings is 3. The fourth-order valence-electron chi connectivity index (χ4n) is 2.92. The van der Waals surface area contributed by atoms with E-state index in [4.69, 9.17) is 0 Å². The van der Waals surface area contributed by atoms with Gasteiger partial charge in [0.05, 0.1) is 11.4 Å². The van der Waals surface area contributed by atoms with Crippen LogP contribution in [0.1, 0.15) is 5.56 Å². The number of nitrogens with zero attached hydrogens (tertiary/aromatic N) is 3. The highest BCUT2D eigenvalue weighted by molar-refractivity contribution is 5.70. The van der Waals surface area contributed by atoms with Gasteiger partial charge in [-0.2, -0.15) is 10.2 Å². The Balaban J connectivity index is 1.54. The van der Waals surface area contributed by atoms with Gasteiger partial charge in [-0.25, -0.2) is 0 Å². The molecule has 0 bridgehead atoms. The van der Waals surface area contributed by atoms with Crippen LogP contribution >= 0.6 is 0 Å². The Labute approximate surface area is 135 Å². The molecule has 1 aliphatic heterocycles. The molecular weight excluding hydrogens is 282 g/mol. The zero-order valence-electron chi connectivity index (χ0n) is 12.8. The van der Waals surface area contributed by atoms with Gasteiger partial charge in [-0.1, -0.05) is 36.4 Å². The molecule has 112 valence electrons. The molecule has 0 unspecified atom stereocenters. The molecule has 23 heavy (non-hydrogen) atoms. The Hall–Kier alpha value is -2.94. The average Bonchev–Trinajstić information content (AvgIpc) is 3.05. The van der Waals surface area contributed by atoms with E-state index < -0.39 is 0 Å². The number of azo groups is 1. The van der Waals surface area contributed by atoms with Crippen LogP contribution in [0.15, 0.2) is 89.1 Å². The largest absolute Gasteiger partial charge is 0.341 e. The Morgan fingerprint density at radius 1 is 0.652 bits per heavy atom. The summed E-state index contributed by atoms with van der Waals surface area (Å²) in [5.41, 5.74) is 5.66. The van der Waals surface area contributed by atoms with Crippen LogP contribution in [0.3, 0.4) is 0 Å². The van der Waals surface area contributed by atoms with Gasteiger partial charge in [0.2, 0.25) is 0 Å². The first-order valence-corrected chi connectivity index (χ1v) is 7.82. The maximum absolute atomic E-state index is 4.30. The highest BCUT2D eigenvalue weighted by atomic mass is 15.2. The second-order valence-electron chi connectivity index (χ2n) is 5.58. The molecule has 0 saturated carbocycles. The molecule has 0 amide bonds. The van der Waals surface area contributed by atoms with Crippen LogP contribution in [0.2, 0.25) is 0 Å². The van der Waals surface area contributed by atoms with Crippen molar-refractivity contribution in [3.8, 4) is 0 Å². The van der Waals surface area contributed by atoms with Gasteiger partial charge in [0.25, 0.3) is 0 Å². The topological polar surface area (TPSA) is 28.0 Å². The molecule has 0 spiro atoms. The smallest absolute Gasteiger partial charge is 0.0858 e. The number of hydrogen-bond acceptors (Lipinski definition) is 3. The van der Waals surface area contributed by atoms with Crippen molar-refractivity contribution in [3.05, 3.63) is 84.4 Å². The van der Waals surface area contributed by atoms with E-state index in [0.29, 0.717) is 0 Å². The lowest BCUT2D eigenvalue weighted by atomic mass is 10.2. The third-order valence-corrected chi connectivity index (χ3v) is 4.09. The van der Waals surface area contributed by atoms with E-state index in [1.54, 1.807) is 0 Å². The third-order valence-electron chi connectivity index (χ3n) is 4.09. The van der Waals surface area contributed by atoms with E-state index in [2.05, 4.69) is 51.5 Å². The van der Waals surface area contributed by atoms with E-state index in [9.17, 15) is 0 Å². The van der Waals surface area contributed by atoms with E-state index in [1.807, 2.05) is 42.5 Å². The van der Waals surface area contributed by atoms with Crippen LogP contribution in [0.4, 0.5) is 22.7 Å². The predicted molar refractivity (Wildman–Crippen MR) is 94.2 cm³/mol. The fourth-order valence-corrected chi connectivity index (χ4v) is 2.92. The van der Waals surface area contributed by atoms with Crippen LogP contribution < -0.4 is 4.90 Å². The molecule has 0 atom stereocenters. The highest BCUT2D eigenvalue weighted by Crippen LogP contribution is 2.34. The summed E-state index contributed by atoms with van der Waals surface area (Å²) in [7, 11) is 0. The van der Waals surface area contributed by atoms with Crippen molar-refractivity contribution in [2.75, 3.05) is 11.4 Å². The second-order valence-corrected chi connectivity index (χ2v) is 5.58. The SMILES string of the molecule is c1ccc(N=Nc2ccc(N3CCc4ccccc43)cc2)cc1. The summed E-state index contributed by atoms with van der Waals surface area (Å²) in [6.07, 6.45) is 1.10. The normalized spacial score (nSPS) is 13.5. The average molecular weight is 299 g/mol. The zero-order chi connectivity index (χ0) is 15.5. The Morgan fingerprint density at radius 2 is 1.30 bits per heavy atom. The lowest BCUT2D eigenvalue weighted by molar-refractivity contribution is 0.998. The van der Waals surface area contributed by atoms with Crippen LogP contribution in [-0.2, 0) is 6.42 Å². The maximum atomic E-state index is 4.30. The van der Waals surface area contributed by atoms with Gasteiger partial charge in [-0.05, 0) is 54.4 Å². The Bertz CT molecular complexity index is 823. The first-order valence-electron chi connectivity index (χ1n) is 7.82. The molecule has 4 rings (SSSR count). The summed E-state index contributed by atoms with van der Waals surface area (Å²) in [5, 5.41) is 8.55. The highest BCUT2D eigenvalue weighted by Gasteiger charge is 2.19. The molecule has 3 heteroatoms. The number of rotatable bonds is 3. The van der Waals surface area contributed by atoms with Crippen LogP contribution in [0.25, 0.3) is 0 Å². The summed E-state index contributed by atoms with van der Waals surface area (Å²) in [4.78, 5) is 2.35. The van der Waals surface area contributed by atoms with Gasteiger partial charge >= 0.3 is 0 Å². The summed E-state index contributed by atoms with van der Waals surface area (Å²) in [6.45, 7) is 1.03. The first kappa shape index (κ1) is 13.7. The minimum absolute atomic E-state index is 0.866. The first-order chi connectivity index (χ1) is 11.4. The number of anilines is 2. The lowest BCUT2D eigenvalue weighted by Crippen LogP contribution is -2.12. The maximum Gasteiger partial charge on any atom is 0.0858 e. The van der Waals surface area contributed by atoms with Crippen molar-refractivity contribution in [2.24, 2.45) is 10.2 Å². The van der Waals surface area contributed by atoms with Crippen molar-refractivity contribution in [1.29, 1.82) is 0 Å². The minimum Gasteiger partial charge on any atom is -0.341 e. The quantitative estimate of drug-likeness (QED) is 0.562. The second kappa shape index (κ2) is 6.05. The molecule has 0 fully saturated rings. The standard InChI is InChI=1S/C20H17N3/c1-2-7-17(8-3-1)21-22-18-10-12-19(13-11-18)23-15-14-16-6-4-5-9-20(16)23/h1-13H,14-15H2. The molecule has 1 heterocycles. The summed E-state index contributed by atoms with van der Waals surface area (Å²) >= 11 is 0. The monoisotopic (exact) mass is 299 g/mol. The molecular formula is C20H17N3.